The summed E-state index contributed by atoms with van der Waals surface area (Å²) in [7, 11) is 1.93. The van der Waals surface area contributed by atoms with Gasteiger partial charge in [-0.05, 0) is 56.0 Å². The molecule has 2 saturated carbocycles. The van der Waals surface area contributed by atoms with E-state index in [1.807, 2.05) is 16.6 Å². The molecule has 0 aliphatic heterocycles. The zero-order valence-electron chi connectivity index (χ0n) is 16.3. The molecule has 4 rings (SSSR count). The van der Waals surface area contributed by atoms with Crippen molar-refractivity contribution in [1.29, 1.82) is 0 Å². The molecule has 1 heterocycles. The molecule has 1 aromatic carbocycles. The van der Waals surface area contributed by atoms with Crippen LogP contribution in [0, 0.1) is 0 Å². The Morgan fingerprint density at radius 2 is 1.83 bits per heavy atom. The molecule has 2 aromatic rings. The van der Waals surface area contributed by atoms with E-state index < -0.39 is 6.36 Å². The van der Waals surface area contributed by atoms with Crippen molar-refractivity contribution in [2.24, 2.45) is 7.05 Å². The maximum atomic E-state index is 13.2. The fourth-order valence-electron chi connectivity index (χ4n) is 4.10. The zero-order valence-corrected chi connectivity index (χ0v) is 16.3. The summed E-state index contributed by atoms with van der Waals surface area (Å²) < 4.78 is 42.9. The van der Waals surface area contributed by atoms with E-state index in [-0.39, 0.29) is 17.7 Å². The van der Waals surface area contributed by atoms with Crippen molar-refractivity contribution in [3.63, 3.8) is 0 Å². The first kappa shape index (κ1) is 19.8. The summed E-state index contributed by atoms with van der Waals surface area (Å²) in [5.41, 5.74) is 2.41. The summed E-state index contributed by atoms with van der Waals surface area (Å²) in [5, 5.41) is 4.59. The van der Waals surface area contributed by atoms with Gasteiger partial charge in [0.1, 0.15) is 5.75 Å². The molecule has 0 unspecified atom stereocenters. The zero-order chi connectivity index (χ0) is 20.6. The topological polar surface area (TPSA) is 47.4 Å². The fourth-order valence-corrected chi connectivity index (χ4v) is 4.10. The van der Waals surface area contributed by atoms with Gasteiger partial charge in [-0.3, -0.25) is 9.48 Å². The van der Waals surface area contributed by atoms with Crippen molar-refractivity contribution in [2.45, 2.75) is 63.4 Å². The number of carbonyl (C=O) groups is 1. The molecule has 0 radical (unpaired) electrons. The van der Waals surface area contributed by atoms with Crippen LogP contribution in [0.1, 0.15) is 66.2 Å². The number of nitrogens with zero attached hydrogens (tertiary/aromatic N) is 3. The highest BCUT2D eigenvalue weighted by molar-refractivity contribution is 5.94. The number of benzene rings is 1. The van der Waals surface area contributed by atoms with Gasteiger partial charge in [0, 0.05) is 30.3 Å². The van der Waals surface area contributed by atoms with Crippen molar-refractivity contribution >= 4 is 5.91 Å². The fraction of sp³-hybridized carbons (Fsp3) is 0.524. The Balaban J connectivity index is 1.53. The first-order valence-electron chi connectivity index (χ1n) is 10.00. The van der Waals surface area contributed by atoms with Crippen LogP contribution in [-0.2, 0) is 13.6 Å². The molecule has 1 amide bonds. The number of hydrogen-bond acceptors (Lipinski definition) is 3. The molecule has 0 N–H and O–H groups in total. The van der Waals surface area contributed by atoms with Crippen LogP contribution in [0.5, 0.6) is 5.75 Å². The molecule has 0 spiro atoms. The van der Waals surface area contributed by atoms with Crippen LogP contribution in [0.4, 0.5) is 13.2 Å². The van der Waals surface area contributed by atoms with Gasteiger partial charge in [-0.1, -0.05) is 12.8 Å². The van der Waals surface area contributed by atoms with Crippen LogP contribution in [-0.4, -0.2) is 33.0 Å². The molecule has 2 aliphatic carbocycles. The van der Waals surface area contributed by atoms with Crippen molar-refractivity contribution in [1.82, 2.24) is 14.7 Å². The molecule has 0 atom stereocenters. The van der Waals surface area contributed by atoms with Crippen molar-refractivity contribution in [3.8, 4) is 5.75 Å². The van der Waals surface area contributed by atoms with E-state index >= 15 is 0 Å². The first-order valence-corrected chi connectivity index (χ1v) is 10.00. The van der Waals surface area contributed by atoms with E-state index in [2.05, 4.69) is 15.9 Å². The molecular formula is C21H24F3N3O2. The van der Waals surface area contributed by atoms with Crippen molar-refractivity contribution in [3.05, 3.63) is 47.3 Å². The lowest BCUT2D eigenvalue weighted by Gasteiger charge is -2.28. The molecule has 1 aromatic heterocycles. The lowest BCUT2D eigenvalue weighted by atomic mass is 10.1. The highest BCUT2D eigenvalue weighted by atomic mass is 19.4. The largest absolute Gasteiger partial charge is 0.573 e. The van der Waals surface area contributed by atoms with Crippen LogP contribution in [0.2, 0.25) is 0 Å². The molecule has 0 saturated heterocycles. The highest BCUT2D eigenvalue weighted by Crippen LogP contribution is 2.40. The van der Waals surface area contributed by atoms with Crippen LogP contribution in [0.25, 0.3) is 0 Å². The Morgan fingerprint density at radius 3 is 2.41 bits per heavy atom. The minimum atomic E-state index is -4.75. The predicted molar refractivity (Wildman–Crippen MR) is 100 cm³/mol. The summed E-state index contributed by atoms with van der Waals surface area (Å²) in [6.07, 6.45) is 1.62. The molecular weight excluding hydrogens is 383 g/mol. The lowest BCUT2D eigenvalue weighted by Crippen LogP contribution is -2.38. The molecule has 2 aliphatic rings. The number of alkyl halides is 3. The summed E-state index contributed by atoms with van der Waals surface area (Å²) in [5.74, 6) is 0.0485. The van der Waals surface area contributed by atoms with E-state index in [4.69, 9.17) is 0 Å². The minimum Gasteiger partial charge on any atom is -0.406 e. The minimum absolute atomic E-state index is 0.125. The summed E-state index contributed by atoms with van der Waals surface area (Å²) in [6.45, 7) is 0.408. The van der Waals surface area contributed by atoms with E-state index in [0.29, 0.717) is 18.0 Å². The maximum Gasteiger partial charge on any atom is 0.573 e. The molecule has 0 bridgehead atoms. The Kier molecular flexibility index (Phi) is 5.27. The van der Waals surface area contributed by atoms with Crippen LogP contribution >= 0.6 is 0 Å². The number of amides is 1. The third-order valence-corrected chi connectivity index (χ3v) is 5.66. The molecule has 5 nitrogen and oxygen atoms in total. The number of rotatable bonds is 6. The number of aryl methyl sites for hydroxylation is 1. The summed E-state index contributed by atoms with van der Waals surface area (Å²) in [4.78, 5) is 15.0. The highest BCUT2D eigenvalue weighted by Gasteiger charge is 2.32. The third-order valence-electron chi connectivity index (χ3n) is 5.66. The second kappa shape index (κ2) is 7.72. The monoisotopic (exact) mass is 407 g/mol. The van der Waals surface area contributed by atoms with Gasteiger partial charge >= 0.3 is 6.36 Å². The summed E-state index contributed by atoms with van der Waals surface area (Å²) >= 11 is 0. The Labute approximate surface area is 167 Å². The summed E-state index contributed by atoms with van der Waals surface area (Å²) in [6, 6.07) is 7.34. The van der Waals surface area contributed by atoms with Gasteiger partial charge in [-0.2, -0.15) is 5.10 Å². The standard InChI is InChI=1S/C21H24F3N3O2/c1-26-19(14-6-7-14)12-16(25-26)13-27(17-4-2-3-5-17)20(28)15-8-10-18(11-9-15)29-21(22,23)24/h8-12,14,17H,2-7,13H2,1H3. The average Bonchev–Trinajstić information content (AvgIpc) is 3.21. The Bertz CT molecular complexity index is 866. The molecule has 2 fully saturated rings. The first-order chi connectivity index (χ1) is 13.8. The number of ether oxygens (including phenoxy) is 1. The molecule has 8 heteroatoms. The molecule has 29 heavy (non-hydrogen) atoms. The number of halogens is 3. The van der Waals surface area contributed by atoms with Crippen molar-refractivity contribution in [2.75, 3.05) is 0 Å². The van der Waals surface area contributed by atoms with Crippen LogP contribution < -0.4 is 4.74 Å². The third kappa shape index (κ3) is 4.74. The number of carbonyl (C=O) groups excluding carboxylic acids is 1. The van der Waals surface area contributed by atoms with Gasteiger partial charge in [-0.25, -0.2) is 0 Å². The van der Waals surface area contributed by atoms with E-state index in [0.717, 1.165) is 31.4 Å². The lowest BCUT2D eigenvalue weighted by molar-refractivity contribution is -0.274. The Hall–Kier alpha value is -2.51. The number of hydrogen-bond donors (Lipinski definition) is 0. The van der Waals surface area contributed by atoms with E-state index in [9.17, 15) is 18.0 Å². The van der Waals surface area contributed by atoms with Crippen LogP contribution in [0.3, 0.4) is 0 Å². The average molecular weight is 407 g/mol. The van der Waals surface area contributed by atoms with Gasteiger partial charge in [0.2, 0.25) is 0 Å². The second-order valence-corrected chi connectivity index (χ2v) is 7.90. The van der Waals surface area contributed by atoms with Gasteiger partial charge in [0.25, 0.3) is 5.91 Å². The van der Waals surface area contributed by atoms with Crippen LogP contribution in [0.15, 0.2) is 30.3 Å². The quantitative estimate of drug-likeness (QED) is 0.692. The second-order valence-electron chi connectivity index (χ2n) is 7.90. The normalized spacial score (nSPS) is 17.5. The molecule has 156 valence electrons. The van der Waals surface area contributed by atoms with Gasteiger partial charge in [0.15, 0.2) is 0 Å². The van der Waals surface area contributed by atoms with E-state index in [1.54, 1.807) is 0 Å². The van der Waals surface area contributed by atoms with Gasteiger partial charge in [-0.15, -0.1) is 13.2 Å². The van der Waals surface area contributed by atoms with Gasteiger partial charge < -0.3 is 9.64 Å². The Morgan fingerprint density at radius 1 is 1.17 bits per heavy atom. The smallest absolute Gasteiger partial charge is 0.406 e. The van der Waals surface area contributed by atoms with Crippen molar-refractivity contribution < 1.29 is 22.7 Å². The predicted octanol–water partition coefficient (Wildman–Crippen LogP) is 4.78. The SMILES string of the molecule is Cn1nc(CN(C(=O)c2ccc(OC(F)(F)F)cc2)C2CCCC2)cc1C1CC1. The number of aromatic nitrogens is 2. The maximum absolute atomic E-state index is 13.2. The van der Waals surface area contributed by atoms with E-state index in [1.165, 1.54) is 42.8 Å². The van der Waals surface area contributed by atoms with Gasteiger partial charge in [0.05, 0.1) is 12.2 Å².